The maximum absolute atomic E-state index is 12.0. The van der Waals surface area contributed by atoms with Crippen molar-refractivity contribution < 1.29 is 9.21 Å². The van der Waals surface area contributed by atoms with Gasteiger partial charge in [0.2, 0.25) is 5.91 Å². The normalized spacial score (nSPS) is 14.8. The number of rotatable bonds is 6. The topological polar surface area (TPSA) is 73.0 Å². The first kappa shape index (κ1) is 17.3. The fraction of sp³-hybridized carbons (Fsp3) is 0.286. The summed E-state index contributed by atoms with van der Waals surface area (Å²) in [7, 11) is 0. The van der Waals surface area contributed by atoms with Gasteiger partial charge >= 0.3 is 0 Å². The number of amides is 1. The van der Waals surface area contributed by atoms with Crippen LogP contribution in [0.4, 0.5) is 0 Å². The first-order valence-corrected chi connectivity index (χ1v) is 9.29. The van der Waals surface area contributed by atoms with Gasteiger partial charge in [0.1, 0.15) is 5.76 Å². The third-order valence-corrected chi connectivity index (χ3v) is 4.77. The molecule has 6 nitrogen and oxygen atoms in total. The van der Waals surface area contributed by atoms with Gasteiger partial charge in [-0.2, -0.15) is 5.10 Å². The summed E-state index contributed by atoms with van der Waals surface area (Å²) in [6.45, 7) is 0.376. The van der Waals surface area contributed by atoms with Crippen LogP contribution in [-0.4, -0.2) is 20.7 Å². The second-order valence-electron chi connectivity index (χ2n) is 6.69. The number of hydrogen-bond acceptors (Lipinski definition) is 4. The van der Waals surface area contributed by atoms with Gasteiger partial charge in [-0.25, -0.2) is 0 Å². The van der Waals surface area contributed by atoms with Crippen molar-refractivity contribution in [3.63, 3.8) is 0 Å². The van der Waals surface area contributed by atoms with E-state index in [1.807, 2.05) is 24.3 Å². The number of aromatic nitrogens is 3. The van der Waals surface area contributed by atoms with Crippen molar-refractivity contribution in [3.8, 4) is 11.4 Å². The molecule has 138 valence electrons. The third kappa shape index (κ3) is 4.16. The molecule has 0 saturated heterocycles. The van der Waals surface area contributed by atoms with Crippen LogP contribution >= 0.6 is 0 Å². The van der Waals surface area contributed by atoms with Gasteiger partial charge in [0.25, 0.3) is 0 Å². The highest BCUT2D eigenvalue weighted by Gasteiger charge is 2.22. The van der Waals surface area contributed by atoms with Crippen molar-refractivity contribution in [1.82, 2.24) is 20.1 Å². The van der Waals surface area contributed by atoms with Gasteiger partial charge in [-0.05, 0) is 49.2 Å². The van der Waals surface area contributed by atoms with E-state index >= 15 is 0 Å². The lowest BCUT2D eigenvalue weighted by Gasteiger charge is -2.13. The average molecular weight is 362 g/mol. The van der Waals surface area contributed by atoms with Gasteiger partial charge in [-0.1, -0.05) is 18.9 Å². The Morgan fingerprint density at radius 1 is 1.26 bits per heavy atom. The zero-order valence-electron chi connectivity index (χ0n) is 15.0. The first-order valence-electron chi connectivity index (χ1n) is 9.29. The van der Waals surface area contributed by atoms with Crippen molar-refractivity contribution in [1.29, 1.82) is 0 Å². The highest BCUT2D eigenvalue weighted by Crippen LogP contribution is 2.33. The van der Waals surface area contributed by atoms with Crippen molar-refractivity contribution in [2.24, 2.45) is 0 Å². The molecule has 1 N–H and O–H groups in total. The molecule has 1 aliphatic carbocycles. The minimum absolute atomic E-state index is 0.179. The first-order chi connectivity index (χ1) is 13.3. The Morgan fingerprint density at radius 3 is 2.89 bits per heavy atom. The summed E-state index contributed by atoms with van der Waals surface area (Å²) < 4.78 is 7.28. The molecular formula is C21H22N4O2. The summed E-state index contributed by atoms with van der Waals surface area (Å²) in [5.41, 5.74) is 2.76. The smallest absolute Gasteiger partial charge is 0.244 e. The summed E-state index contributed by atoms with van der Waals surface area (Å²) in [5.74, 6) is 0.467. The van der Waals surface area contributed by atoms with E-state index < -0.39 is 0 Å². The largest absolute Gasteiger partial charge is 0.465 e. The molecule has 0 aromatic carbocycles. The van der Waals surface area contributed by atoms with E-state index in [-0.39, 0.29) is 5.91 Å². The molecule has 0 aliphatic heterocycles. The molecule has 4 rings (SSSR count). The van der Waals surface area contributed by atoms with E-state index in [9.17, 15) is 4.79 Å². The molecule has 0 unspecified atom stereocenters. The molecule has 1 aliphatic rings. The molecule has 0 atom stereocenters. The van der Waals surface area contributed by atoms with Gasteiger partial charge in [-0.15, -0.1) is 0 Å². The van der Waals surface area contributed by atoms with Gasteiger partial charge in [0, 0.05) is 12.3 Å². The van der Waals surface area contributed by atoms with Crippen LogP contribution in [-0.2, 0) is 11.3 Å². The minimum Gasteiger partial charge on any atom is -0.465 e. The lowest BCUT2D eigenvalue weighted by molar-refractivity contribution is -0.116. The van der Waals surface area contributed by atoms with Crippen LogP contribution in [0, 0.1) is 0 Å². The highest BCUT2D eigenvalue weighted by atomic mass is 16.3. The SMILES string of the molecule is O=C(C=Cc1ccco1)NCc1cc(-c2ccccn2)n(C2CCCC2)n1. The minimum atomic E-state index is -0.179. The van der Waals surface area contributed by atoms with Crippen LogP contribution in [0.2, 0.25) is 0 Å². The summed E-state index contributed by atoms with van der Waals surface area (Å²) in [5, 5.41) is 7.65. The molecule has 1 amide bonds. The number of pyridine rings is 1. The van der Waals surface area contributed by atoms with E-state index in [1.165, 1.54) is 18.9 Å². The summed E-state index contributed by atoms with van der Waals surface area (Å²) in [4.78, 5) is 16.5. The lowest BCUT2D eigenvalue weighted by Crippen LogP contribution is -2.20. The van der Waals surface area contributed by atoms with Gasteiger partial charge < -0.3 is 9.73 Å². The Morgan fingerprint density at radius 2 is 2.15 bits per heavy atom. The standard InChI is InChI=1S/C21H22N4O2/c26-21(11-10-18-8-5-13-27-18)23-15-16-14-20(19-9-3-4-12-22-19)25(24-16)17-6-1-2-7-17/h3-5,8-14,17H,1-2,6-7,15H2,(H,23,26). The predicted octanol–water partition coefficient (Wildman–Crippen LogP) is 3.98. The summed E-state index contributed by atoms with van der Waals surface area (Å²) in [6, 6.07) is 11.9. The molecular weight excluding hydrogens is 340 g/mol. The Balaban J connectivity index is 1.48. The Kier molecular flexibility index (Phi) is 5.14. The quantitative estimate of drug-likeness (QED) is 0.673. The Hall–Kier alpha value is -3.15. The molecule has 3 heterocycles. The van der Waals surface area contributed by atoms with Gasteiger partial charge in [0.15, 0.2) is 0 Å². The molecule has 1 fully saturated rings. The summed E-state index contributed by atoms with van der Waals surface area (Å²) >= 11 is 0. The van der Waals surface area contributed by atoms with Gasteiger partial charge in [-0.3, -0.25) is 14.5 Å². The monoisotopic (exact) mass is 362 g/mol. The molecule has 27 heavy (non-hydrogen) atoms. The predicted molar refractivity (Wildman–Crippen MR) is 103 cm³/mol. The van der Waals surface area contributed by atoms with Crippen molar-refractivity contribution >= 4 is 12.0 Å². The maximum atomic E-state index is 12.0. The van der Waals surface area contributed by atoms with Crippen molar-refractivity contribution in [3.05, 3.63) is 66.4 Å². The molecule has 0 spiro atoms. The number of carbonyl (C=O) groups excluding carboxylic acids is 1. The Labute approximate surface area is 157 Å². The number of nitrogens with zero attached hydrogens (tertiary/aromatic N) is 3. The number of hydrogen-bond donors (Lipinski definition) is 1. The molecule has 0 bridgehead atoms. The maximum Gasteiger partial charge on any atom is 0.244 e. The van der Waals surface area contributed by atoms with Crippen molar-refractivity contribution in [2.45, 2.75) is 38.3 Å². The van der Waals surface area contributed by atoms with Crippen LogP contribution in [0.1, 0.15) is 43.2 Å². The lowest BCUT2D eigenvalue weighted by atomic mass is 10.2. The average Bonchev–Trinajstić information content (AvgIpc) is 3.47. The van der Waals surface area contributed by atoms with Gasteiger partial charge in [0.05, 0.1) is 35.9 Å². The number of furan rings is 1. The molecule has 3 aromatic heterocycles. The zero-order chi connectivity index (χ0) is 18.5. The molecule has 0 radical (unpaired) electrons. The molecule has 6 heteroatoms. The highest BCUT2D eigenvalue weighted by molar-refractivity contribution is 5.91. The van der Waals surface area contributed by atoms with Crippen LogP contribution < -0.4 is 5.32 Å². The van der Waals surface area contributed by atoms with Crippen molar-refractivity contribution in [2.75, 3.05) is 0 Å². The van der Waals surface area contributed by atoms with E-state index in [2.05, 4.69) is 15.0 Å². The molecule has 1 saturated carbocycles. The third-order valence-electron chi connectivity index (χ3n) is 4.77. The van der Waals surface area contributed by atoms with E-state index in [0.29, 0.717) is 18.3 Å². The van der Waals surface area contributed by atoms with Crippen LogP contribution in [0.25, 0.3) is 17.5 Å². The van der Waals surface area contributed by atoms with E-state index in [0.717, 1.165) is 29.9 Å². The fourth-order valence-corrected chi connectivity index (χ4v) is 3.44. The second kappa shape index (κ2) is 8.03. The van der Waals surface area contributed by atoms with Crippen LogP contribution in [0.15, 0.2) is 59.4 Å². The Bertz CT molecular complexity index is 907. The second-order valence-corrected chi connectivity index (χ2v) is 6.69. The zero-order valence-corrected chi connectivity index (χ0v) is 15.0. The summed E-state index contributed by atoms with van der Waals surface area (Å²) in [6.07, 6.45) is 11.2. The van der Waals surface area contributed by atoms with Crippen LogP contribution in [0.5, 0.6) is 0 Å². The van der Waals surface area contributed by atoms with E-state index in [1.54, 1.807) is 30.7 Å². The van der Waals surface area contributed by atoms with Crippen LogP contribution in [0.3, 0.4) is 0 Å². The number of nitrogens with one attached hydrogen (secondary N) is 1. The molecule has 3 aromatic rings. The fourth-order valence-electron chi connectivity index (χ4n) is 3.44. The number of carbonyl (C=O) groups is 1. The van der Waals surface area contributed by atoms with E-state index in [4.69, 9.17) is 9.52 Å².